The van der Waals surface area contributed by atoms with Crippen LogP contribution in [0.5, 0.6) is 5.75 Å². The van der Waals surface area contributed by atoms with E-state index in [-0.39, 0.29) is 22.4 Å². The van der Waals surface area contributed by atoms with Crippen molar-refractivity contribution in [2.75, 3.05) is 5.32 Å². The van der Waals surface area contributed by atoms with Crippen LogP contribution in [0.15, 0.2) is 62.6 Å². The smallest absolute Gasteiger partial charge is 0.291 e. The van der Waals surface area contributed by atoms with Crippen LogP contribution in [0.1, 0.15) is 21.7 Å². The number of carbonyl (C=O) groups is 1. The summed E-state index contributed by atoms with van der Waals surface area (Å²) in [4.78, 5) is 16.4. The Balaban J connectivity index is 1.78. The number of benzene rings is 2. The molecule has 1 amide bonds. The van der Waals surface area contributed by atoms with Crippen LogP contribution < -0.4 is 5.32 Å². The van der Waals surface area contributed by atoms with Crippen LogP contribution in [-0.2, 0) is 0 Å². The minimum atomic E-state index is -0.317. The summed E-state index contributed by atoms with van der Waals surface area (Å²) in [5, 5.41) is 13.0. The average molecular weight is 434 g/mol. The molecule has 2 aromatic carbocycles. The zero-order chi connectivity index (χ0) is 18.7. The Labute approximate surface area is 163 Å². The molecule has 0 saturated heterocycles. The van der Waals surface area contributed by atoms with Gasteiger partial charge in [0.15, 0.2) is 5.76 Å². The molecular weight excluding hydrogens is 420 g/mol. The monoisotopic (exact) mass is 432 g/mol. The summed E-state index contributed by atoms with van der Waals surface area (Å²) in [7, 11) is 0. The number of aromatic hydroxyl groups is 1. The largest absolute Gasteiger partial charge is 0.506 e. The van der Waals surface area contributed by atoms with Gasteiger partial charge in [-0.05, 0) is 55.0 Å². The first-order valence-corrected chi connectivity index (χ1v) is 8.79. The molecule has 0 saturated carbocycles. The van der Waals surface area contributed by atoms with Crippen molar-refractivity contribution in [1.29, 1.82) is 0 Å². The van der Waals surface area contributed by atoms with Gasteiger partial charge in [-0.3, -0.25) is 9.79 Å². The minimum absolute atomic E-state index is 0.0299. The van der Waals surface area contributed by atoms with Gasteiger partial charge in [-0.1, -0.05) is 27.5 Å². The van der Waals surface area contributed by atoms with Crippen molar-refractivity contribution in [1.82, 2.24) is 0 Å². The molecule has 0 spiro atoms. The van der Waals surface area contributed by atoms with E-state index in [1.54, 1.807) is 36.4 Å². The molecule has 0 unspecified atom stereocenters. The summed E-state index contributed by atoms with van der Waals surface area (Å²) >= 11 is 9.28. The first-order chi connectivity index (χ1) is 12.4. The predicted molar refractivity (Wildman–Crippen MR) is 106 cm³/mol. The van der Waals surface area contributed by atoms with E-state index < -0.39 is 0 Å². The Bertz CT molecular complexity index is 985. The molecule has 3 rings (SSSR count). The van der Waals surface area contributed by atoms with Crippen molar-refractivity contribution in [3.63, 3.8) is 0 Å². The number of anilines is 1. The number of carbonyl (C=O) groups excluding carboxylic acids is 1. The Morgan fingerprint density at radius 3 is 2.81 bits per heavy atom. The van der Waals surface area contributed by atoms with E-state index in [0.29, 0.717) is 16.9 Å². The lowest BCUT2D eigenvalue weighted by Crippen LogP contribution is -2.11. The fourth-order valence-electron chi connectivity index (χ4n) is 2.29. The van der Waals surface area contributed by atoms with Crippen LogP contribution in [0.4, 0.5) is 11.4 Å². The van der Waals surface area contributed by atoms with Gasteiger partial charge in [0, 0.05) is 21.9 Å². The van der Waals surface area contributed by atoms with Crippen LogP contribution in [-0.4, -0.2) is 17.2 Å². The van der Waals surface area contributed by atoms with Crippen LogP contribution >= 0.6 is 27.5 Å². The number of phenols is 1. The molecule has 132 valence electrons. The normalized spacial score (nSPS) is 11.0. The van der Waals surface area contributed by atoms with E-state index in [1.807, 2.05) is 13.0 Å². The van der Waals surface area contributed by atoms with Gasteiger partial charge >= 0.3 is 0 Å². The fourth-order valence-corrected chi connectivity index (χ4v) is 3.12. The minimum Gasteiger partial charge on any atom is -0.506 e. The first kappa shape index (κ1) is 18.2. The molecule has 2 N–H and O–H groups in total. The van der Waals surface area contributed by atoms with Gasteiger partial charge in [0.1, 0.15) is 5.75 Å². The van der Waals surface area contributed by atoms with E-state index >= 15 is 0 Å². The highest BCUT2D eigenvalue weighted by Crippen LogP contribution is 2.31. The Morgan fingerprint density at radius 2 is 2.12 bits per heavy atom. The molecule has 0 aliphatic heterocycles. The molecule has 26 heavy (non-hydrogen) atoms. The maximum Gasteiger partial charge on any atom is 0.291 e. The van der Waals surface area contributed by atoms with Gasteiger partial charge in [0.25, 0.3) is 5.91 Å². The number of hydrogen-bond acceptors (Lipinski definition) is 4. The van der Waals surface area contributed by atoms with E-state index in [9.17, 15) is 9.90 Å². The second-order valence-corrected chi connectivity index (χ2v) is 6.84. The first-order valence-electron chi connectivity index (χ1n) is 7.61. The predicted octanol–water partition coefficient (Wildman–Crippen LogP) is 5.71. The Kier molecular flexibility index (Phi) is 5.44. The summed E-state index contributed by atoms with van der Waals surface area (Å²) in [5.74, 6) is -0.103. The number of aliphatic imine (C=N–C) groups is 1. The molecule has 0 aliphatic rings. The van der Waals surface area contributed by atoms with Crippen molar-refractivity contribution in [3.8, 4) is 5.75 Å². The standard InChI is InChI=1S/C19H14BrClN2O3/c1-11-7-14(22-10-12-8-13(20)9-15(21)18(12)24)4-5-16(11)23-19(25)17-3-2-6-26-17/h2-10,24H,1H3,(H,23,25). The summed E-state index contributed by atoms with van der Waals surface area (Å²) in [5.41, 5.74) is 2.68. The molecule has 0 aliphatic carbocycles. The number of phenolic OH excluding ortho intramolecular Hbond substituents is 1. The van der Waals surface area contributed by atoms with E-state index in [0.717, 1.165) is 10.0 Å². The van der Waals surface area contributed by atoms with Gasteiger partial charge in [-0.15, -0.1) is 0 Å². The van der Waals surface area contributed by atoms with Gasteiger partial charge in [0.05, 0.1) is 17.0 Å². The number of furan rings is 1. The second-order valence-electron chi connectivity index (χ2n) is 5.51. The highest BCUT2D eigenvalue weighted by molar-refractivity contribution is 9.10. The summed E-state index contributed by atoms with van der Waals surface area (Å²) in [6.45, 7) is 1.87. The van der Waals surface area contributed by atoms with E-state index in [4.69, 9.17) is 16.0 Å². The third-order valence-corrected chi connectivity index (χ3v) is 4.36. The molecule has 1 aromatic heterocycles. The van der Waals surface area contributed by atoms with Crippen LogP contribution in [0, 0.1) is 6.92 Å². The molecule has 1 heterocycles. The van der Waals surface area contributed by atoms with Crippen molar-refractivity contribution >= 4 is 51.0 Å². The van der Waals surface area contributed by atoms with E-state index in [1.165, 1.54) is 12.5 Å². The summed E-state index contributed by atoms with van der Waals surface area (Å²) in [6.07, 6.45) is 2.98. The summed E-state index contributed by atoms with van der Waals surface area (Å²) in [6, 6.07) is 11.9. The lowest BCUT2D eigenvalue weighted by Gasteiger charge is -2.08. The SMILES string of the molecule is Cc1cc(N=Cc2cc(Br)cc(Cl)c2O)ccc1NC(=O)c1ccco1. The number of nitrogens with one attached hydrogen (secondary N) is 1. The second kappa shape index (κ2) is 7.76. The number of aryl methyl sites for hydroxylation is 1. The third-order valence-electron chi connectivity index (χ3n) is 3.61. The highest BCUT2D eigenvalue weighted by Gasteiger charge is 2.10. The van der Waals surface area contributed by atoms with Gasteiger partial charge in [-0.2, -0.15) is 0 Å². The molecule has 0 bridgehead atoms. The number of rotatable bonds is 4. The number of nitrogens with zero attached hydrogens (tertiary/aromatic N) is 1. The lowest BCUT2D eigenvalue weighted by molar-refractivity contribution is 0.0996. The van der Waals surface area contributed by atoms with Crippen molar-refractivity contribution in [3.05, 3.63) is 75.1 Å². The molecule has 3 aromatic rings. The Morgan fingerprint density at radius 1 is 1.31 bits per heavy atom. The molecule has 0 radical (unpaired) electrons. The number of amides is 1. The quantitative estimate of drug-likeness (QED) is 0.517. The number of hydrogen-bond donors (Lipinski definition) is 2. The highest BCUT2D eigenvalue weighted by atomic mass is 79.9. The maximum atomic E-state index is 12.0. The Hall–Kier alpha value is -2.57. The van der Waals surface area contributed by atoms with Crippen molar-refractivity contribution in [2.24, 2.45) is 4.99 Å². The lowest BCUT2D eigenvalue weighted by atomic mass is 10.1. The summed E-state index contributed by atoms with van der Waals surface area (Å²) < 4.78 is 5.82. The fraction of sp³-hybridized carbons (Fsp3) is 0.0526. The van der Waals surface area contributed by atoms with Crippen molar-refractivity contribution < 1.29 is 14.3 Å². The van der Waals surface area contributed by atoms with Gasteiger partial charge < -0.3 is 14.8 Å². The zero-order valence-corrected chi connectivity index (χ0v) is 16.0. The van der Waals surface area contributed by atoms with Crippen LogP contribution in [0.25, 0.3) is 0 Å². The third kappa shape index (κ3) is 4.15. The van der Waals surface area contributed by atoms with Crippen molar-refractivity contribution in [2.45, 2.75) is 6.92 Å². The van der Waals surface area contributed by atoms with Gasteiger partial charge in [-0.25, -0.2) is 0 Å². The van der Waals surface area contributed by atoms with E-state index in [2.05, 4.69) is 26.2 Å². The molecular formula is C19H14BrClN2O3. The zero-order valence-electron chi connectivity index (χ0n) is 13.7. The molecule has 5 nitrogen and oxygen atoms in total. The average Bonchev–Trinajstić information content (AvgIpc) is 3.13. The number of halogens is 2. The van der Waals surface area contributed by atoms with Gasteiger partial charge in [0.2, 0.25) is 0 Å². The molecule has 0 fully saturated rings. The van der Waals surface area contributed by atoms with Crippen LogP contribution in [0.3, 0.4) is 0 Å². The molecule has 0 atom stereocenters. The molecule has 7 heteroatoms. The maximum absolute atomic E-state index is 12.0. The van der Waals surface area contributed by atoms with Crippen LogP contribution in [0.2, 0.25) is 5.02 Å². The topological polar surface area (TPSA) is 74.8 Å².